The number of aromatic nitrogens is 2. The largest absolute Gasteiger partial charge is 0.454 e. The van der Waals surface area contributed by atoms with Gasteiger partial charge in [-0.1, -0.05) is 36.4 Å². The van der Waals surface area contributed by atoms with Crippen molar-refractivity contribution < 1.29 is 19.4 Å². The first-order chi connectivity index (χ1) is 15.4. The molecular weight excluding hydrogens is 388 g/mol. The highest BCUT2D eigenvalue weighted by Crippen LogP contribution is 2.29. The highest BCUT2D eigenvalue weighted by molar-refractivity contribution is 5.82. The number of para-hydroxylation sites is 2. The van der Waals surface area contributed by atoms with Crippen LogP contribution in [0.5, 0.6) is 0 Å². The van der Waals surface area contributed by atoms with Gasteiger partial charge in [0.2, 0.25) is 0 Å². The summed E-state index contributed by atoms with van der Waals surface area (Å²) >= 11 is 0. The summed E-state index contributed by atoms with van der Waals surface area (Å²) in [5.74, 6) is 0.831. The van der Waals surface area contributed by atoms with Crippen molar-refractivity contribution in [1.82, 2.24) is 9.78 Å². The average Bonchev–Trinajstić information content (AvgIpc) is 3.44. The summed E-state index contributed by atoms with van der Waals surface area (Å²) in [5.41, 5.74) is 4.08. The number of benzene rings is 2. The number of quaternary nitrogens is 2. The molecule has 2 aromatic carbocycles. The number of nitrogens with one attached hydrogen (secondary N) is 1. The van der Waals surface area contributed by atoms with E-state index in [1.807, 2.05) is 41.1 Å². The van der Waals surface area contributed by atoms with E-state index in [0.717, 1.165) is 67.5 Å². The maximum Gasteiger partial charge on any atom is 0.156 e. The van der Waals surface area contributed by atoms with Crippen molar-refractivity contribution in [3.63, 3.8) is 0 Å². The molecule has 3 N–H and O–H groups in total. The molecule has 0 unspecified atom stereocenters. The van der Waals surface area contributed by atoms with Gasteiger partial charge in [-0.15, -0.1) is 0 Å². The predicted molar refractivity (Wildman–Crippen MR) is 120 cm³/mol. The molecule has 0 saturated carbocycles. The highest BCUT2D eigenvalue weighted by Gasteiger charge is 2.18. The van der Waals surface area contributed by atoms with Crippen LogP contribution in [0, 0.1) is 0 Å². The minimum Gasteiger partial charge on any atom is -0.454 e. The van der Waals surface area contributed by atoms with Gasteiger partial charge in [0.1, 0.15) is 30.9 Å². The number of morpholine rings is 1. The molecule has 0 radical (unpaired) electrons. The molecule has 1 fully saturated rings. The zero-order chi connectivity index (χ0) is 20.9. The lowest BCUT2D eigenvalue weighted by molar-refractivity contribution is -0.909. The molecule has 0 aliphatic carbocycles. The molecule has 0 amide bonds. The van der Waals surface area contributed by atoms with E-state index in [4.69, 9.17) is 14.3 Å². The van der Waals surface area contributed by atoms with Gasteiger partial charge in [0, 0.05) is 18.0 Å². The first kappa shape index (κ1) is 20.0. The van der Waals surface area contributed by atoms with Crippen molar-refractivity contribution in [1.29, 1.82) is 0 Å². The molecule has 1 aliphatic rings. The SMILES string of the molecule is c1ccc(-n2cc(C[NH2+]CCC[NH+]3CCOCC3)c(-c3cc4ccccc4o3)n2)cc1. The van der Waals surface area contributed by atoms with E-state index in [1.54, 1.807) is 4.90 Å². The van der Waals surface area contributed by atoms with Gasteiger partial charge in [-0.2, -0.15) is 5.10 Å². The molecule has 6 heteroatoms. The molecule has 2 aromatic heterocycles. The Kier molecular flexibility index (Phi) is 6.11. The smallest absolute Gasteiger partial charge is 0.156 e. The topological polar surface area (TPSA) is 61.2 Å². The van der Waals surface area contributed by atoms with Crippen LogP contribution in [0.3, 0.4) is 0 Å². The van der Waals surface area contributed by atoms with E-state index in [2.05, 4.69) is 35.8 Å². The second-order valence-corrected chi connectivity index (χ2v) is 8.18. The van der Waals surface area contributed by atoms with Crippen LogP contribution in [0.2, 0.25) is 0 Å². The number of hydrogen-bond donors (Lipinski definition) is 2. The summed E-state index contributed by atoms with van der Waals surface area (Å²) in [6.45, 7) is 7.30. The first-order valence-electron chi connectivity index (χ1n) is 11.2. The minimum absolute atomic E-state index is 0.831. The number of nitrogens with zero attached hydrogens (tertiary/aromatic N) is 2. The molecule has 1 aliphatic heterocycles. The molecule has 1 saturated heterocycles. The van der Waals surface area contributed by atoms with Crippen LogP contribution < -0.4 is 10.2 Å². The Hall–Kier alpha value is -2.93. The monoisotopic (exact) mass is 418 g/mol. The lowest BCUT2D eigenvalue weighted by atomic mass is 10.2. The van der Waals surface area contributed by atoms with Gasteiger partial charge in [0.15, 0.2) is 5.76 Å². The summed E-state index contributed by atoms with van der Waals surface area (Å²) in [5, 5.41) is 8.40. The molecule has 0 spiro atoms. The molecule has 0 atom stereocenters. The Morgan fingerprint density at radius 2 is 1.81 bits per heavy atom. The van der Waals surface area contributed by atoms with Gasteiger partial charge in [-0.05, 0) is 24.3 Å². The first-order valence-corrected chi connectivity index (χ1v) is 11.2. The van der Waals surface area contributed by atoms with Crippen molar-refractivity contribution in [3.8, 4) is 17.1 Å². The fourth-order valence-corrected chi connectivity index (χ4v) is 4.24. The molecule has 0 bridgehead atoms. The van der Waals surface area contributed by atoms with Gasteiger partial charge in [-0.3, -0.25) is 0 Å². The van der Waals surface area contributed by atoms with E-state index < -0.39 is 0 Å². The molecule has 5 rings (SSSR count). The molecule has 3 heterocycles. The van der Waals surface area contributed by atoms with E-state index in [1.165, 1.54) is 18.5 Å². The second kappa shape index (κ2) is 9.47. The van der Waals surface area contributed by atoms with Crippen LogP contribution in [0.1, 0.15) is 12.0 Å². The molecular formula is C25H30N4O2+2. The van der Waals surface area contributed by atoms with Crippen molar-refractivity contribution in [2.75, 3.05) is 39.4 Å². The summed E-state index contributed by atoms with van der Waals surface area (Å²) in [4.78, 5) is 1.67. The maximum absolute atomic E-state index is 6.15. The Bertz CT molecular complexity index is 1080. The van der Waals surface area contributed by atoms with E-state index in [-0.39, 0.29) is 0 Å². The summed E-state index contributed by atoms with van der Waals surface area (Å²) in [7, 11) is 0. The summed E-state index contributed by atoms with van der Waals surface area (Å²) < 4.78 is 13.6. The zero-order valence-corrected chi connectivity index (χ0v) is 17.8. The van der Waals surface area contributed by atoms with Crippen LogP contribution in [0.4, 0.5) is 0 Å². The Labute approximate surface area is 182 Å². The van der Waals surface area contributed by atoms with Crippen LogP contribution >= 0.6 is 0 Å². The number of nitrogens with two attached hydrogens (primary N) is 1. The van der Waals surface area contributed by atoms with Crippen molar-refractivity contribution in [2.45, 2.75) is 13.0 Å². The number of hydrogen-bond acceptors (Lipinski definition) is 3. The van der Waals surface area contributed by atoms with Crippen LogP contribution in [0.15, 0.2) is 71.3 Å². The van der Waals surface area contributed by atoms with Gasteiger partial charge >= 0.3 is 0 Å². The van der Waals surface area contributed by atoms with Gasteiger partial charge < -0.3 is 19.4 Å². The number of ether oxygens (including phenoxy) is 1. The summed E-state index contributed by atoms with van der Waals surface area (Å²) in [6.07, 6.45) is 3.35. The predicted octanol–water partition coefficient (Wildman–Crippen LogP) is 1.65. The van der Waals surface area contributed by atoms with Crippen molar-refractivity contribution in [2.24, 2.45) is 0 Å². The maximum atomic E-state index is 6.15. The third-order valence-corrected chi connectivity index (χ3v) is 5.97. The Balaban J connectivity index is 1.32. The minimum atomic E-state index is 0.831. The normalized spacial score (nSPS) is 15.0. The number of fused-ring (bicyclic) bond motifs is 1. The van der Waals surface area contributed by atoms with E-state index in [0.29, 0.717) is 0 Å². The second-order valence-electron chi connectivity index (χ2n) is 8.18. The van der Waals surface area contributed by atoms with Crippen LogP contribution in [0.25, 0.3) is 28.1 Å². The standard InChI is InChI=1S/C25H28N4O2/c1-2-8-22(9-3-1)29-19-21(18-26-11-6-12-28-13-15-30-16-14-28)25(27-29)24-17-20-7-4-5-10-23(20)31-24/h1-5,7-10,17,19,26H,6,11-16,18H2/p+2. The molecule has 6 nitrogen and oxygen atoms in total. The number of furan rings is 1. The van der Waals surface area contributed by atoms with Crippen LogP contribution in [-0.2, 0) is 11.3 Å². The average molecular weight is 419 g/mol. The lowest BCUT2D eigenvalue weighted by Crippen LogP contribution is -3.14. The Morgan fingerprint density at radius 1 is 1.00 bits per heavy atom. The van der Waals surface area contributed by atoms with Gasteiger partial charge in [0.05, 0.1) is 37.6 Å². The van der Waals surface area contributed by atoms with Gasteiger partial charge in [0.25, 0.3) is 0 Å². The third kappa shape index (κ3) is 4.71. The quantitative estimate of drug-likeness (QED) is 0.428. The molecule has 31 heavy (non-hydrogen) atoms. The lowest BCUT2D eigenvalue weighted by Gasteiger charge is -2.23. The van der Waals surface area contributed by atoms with Crippen molar-refractivity contribution >= 4 is 11.0 Å². The van der Waals surface area contributed by atoms with Crippen LogP contribution in [-0.4, -0.2) is 49.2 Å². The van der Waals surface area contributed by atoms with Gasteiger partial charge in [-0.25, -0.2) is 4.68 Å². The molecule has 4 aromatic rings. The Morgan fingerprint density at radius 3 is 2.65 bits per heavy atom. The third-order valence-electron chi connectivity index (χ3n) is 5.97. The van der Waals surface area contributed by atoms with E-state index in [9.17, 15) is 0 Å². The summed E-state index contributed by atoms with van der Waals surface area (Å²) in [6, 6.07) is 20.5. The fraction of sp³-hybridized carbons (Fsp3) is 0.320. The van der Waals surface area contributed by atoms with E-state index >= 15 is 0 Å². The zero-order valence-electron chi connectivity index (χ0n) is 17.8. The van der Waals surface area contributed by atoms with Crippen molar-refractivity contribution in [3.05, 3.63) is 72.4 Å². The number of rotatable bonds is 8. The fourth-order valence-electron chi connectivity index (χ4n) is 4.24. The highest BCUT2D eigenvalue weighted by atomic mass is 16.5. The molecule has 160 valence electrons.